The van der Waals surface area contributed by atoms with Crippen LogP contribution >= 0.6 is 11.3 Å². The van der Waals surface area contributed by atoms with Crippen LogP contribution in [0.1, 0.15) is 34.1 Å². The third-order valence-corrected chi connectivity index (χ3v) is 7.49. The van der Waals surface area contributed by atoms with Crippen LogP contribution < -0.4 is 10.2 Å². The van der Waals surface area contributed by atoms with Crippen LogP contribution in [-0.2, 0) is 17.9 Å². The number of hydrogen-bond acceptors (Lipinski definition) is 4. The molecule has 4 aromatic rings. The summed E-state index contributed by atoms with van der Waals surface area (Å²) in [4.78, 5) is 30.2. The Kier molecular flexibility index (Phi) is 5.76. The number of aromatic nitrogens is 2. The van der Waals surface area contributed by atoms with E-state index in [-0.39, 0.29) is 30.7 Å². The van der Waals surface area contributed by atoms with Crippen LogP contribution in [-0.4, -0.2) is 27.1 Å². The maximum Gasteiger partial charge on any atom is 0.277 e. The molecule has 0 unspecified atom stereocenters. The van der Waals surface area contributed by atoms with E-state index in [4.69, 9.17) is 0 Å². The Morgan fingerprint density at radius 1 is 1.14 bits per heavy atom. The Labute approximate surface area is 207 Å². The van der Waals surface area contributed by atoms with Crippen LogP contribution in [0.2, 0.25) is 0 Å². The lowest BCUT2D eigenvalue weighted by Gasteiger charge is -2.43. The molecule has 0 saturated heterocycles. The molecule has 1 N–H and O–H groups in total. The van der Waals surface area contributed by atoms with E-state index in [2.05, 4.69) is 10.4 Å². The summed E-state index contributed by atoms with van der Waals surface area (Å²) in [5.41, 5.74) is 3.34. The number of fused-ring (bicyclic) bond motifs is 1. The number of halogens is 1. The molecule has 178 valence electrons. The Morgan fingerprint density at radius 2 is 1.91 bits per heavy atom. The number of nitrogens with zero attached hydrogens (tertiary/aromatic N) is 3. The molecule has 35 heavy (non-hydrogen) atoms. The molecule has 1 aliphatic rings. The number of rotatable bonds is 5. The number of hydrogen-bond donors (Lipinski definition) is 1. The van der Waals surface area contributed by atoms with Gasteiger partial charge in [-0.3, -0.25) is 19.2 Å². The Balaban J connectivity index is 1.56. The van der Waals surface area contributed by atoms with Crippen molar-refractivity contribution >= 4 is 28.8 Å². The Morgan fingerprint density at radius 3 is 2.63 bits per heavy atom. The fourth-order valence-electron chi connectivity index (χ4n) is 4.46. The largest absolute Gasteiger partial charge is 0.350 e. The van der Waals surface area contributed by atoms with Crippen LogP contribution in [0.3, 0.4) is 0 Å². The molecule has 8 heteroatoms. The number of aryl methyl sites for hydroxylation is 1. The van der Waals surface area contributed by atoms with Crippen molar-refractivity contribution in [2.24, 2.45) is 0 Å². The SMILES string of the molecule is Cc1cccc(N2C(=O)c3cc(-c4cccs4)nn3C[C@]2(C)C(=O)NCc2ccc(F)cc2)c1C. The first-order valence-electron chi connectivity index (χ1n) is 11.3. The van der Waals surface area contributed by atoms with E-state index in [0.717, 1.165) is 21.6 Å². The lowest BCUT2D eigenvalue weighted by molar-refractivity contribution is -0.126. The maximum atomic E-state index is 13.9. The molecule has 0 radical (unpaired) electrons. The van der Waals surface area contributed by atoms with E-state index >= 15 is 0 Å². The lowest BCUT2D eigenvalue weighted by atomic mass is 9.92. The molecule has 2 amide bonds. The minimum atomic E-state index is -1.23. The standard InChI is InChI=1S/C27H25FN4O2S/c1-17-6-4-7-22(18(17)2)32-25(33)23-14-21(24-8-5-13-35-24)30-31(23)16-27(32,3)26(34)29-15-19-9-11-20(28)12-10-19/h4-14H,15-16H2,1-3H3,(H,29,34)/t27-/m1/s1. The zero-order valence-electron chi connectivity index (χ0n) is 19.7. The molecular formula is C27H25FN4O2S. The van der Waals surface area contributed by atoms with Gasteiger partial charge >= 0.3 is 0 Å². The van der Waals surface area contributed by atoms with Gasteiger partial charge in [0, 0.05) is 12.2 Å². The Hall–Kier alpha value is -3.78. The van der Waals surface area contributed by atoms with Gasteiger partial charge < -0.3 is 5.32 Å². The van der Waals surface area contributed by atoms with Crippen molar-refractivity contribution in [2.45, 2.75) is 39.4 Å². The molecule has 0 spiro atoms. The van der Waals surface area contributed by atoms with Crippen LogP contribution in [0.4, 0.5) is 10.1 Å². The van der Waals surface area contributed by atoms with E-state index in [1.54, 1.807) is 46.0 Å². The molecule has 0 bridgehead atoms. The first kappa shape index (κ1) is 23.0. The second-order valence-electron chi connectivity index (χ2n) is 8.99. The normalized spacial score (nSPS) is 17.4. The summed E-state index contributed by atoms with van der Waals surface area (Å²) < 4.78 is 14.9. The van der Waals surface area contributed by atoms with Crippen molar-refractivity contribution in [3.05, 3.63) is 94.2 Å². The fraction of sp³-hybridized carbons (Fsp3) is 0.222. The van der Waals surface area contributed by atoms with Crippen LogP contribution in [0.25, 0.3) is 10.6 Å². The lowest BCUT2D eigenvalue weighted by Crippen LogP contribution is -2.64. The van der Waals surface area contributed by atoms with Gasteiger partial charge in [0.05, 0.1) is 11.4 Å². The number of thiophene rings is 1. The molecule has 0 fully saturated rings. The number of amides is 2. The molecule has 1 aliphatic heterocycles. The van der Waals surface area contributed by atoms with Gasteiger partial charge in [-0.05, 0) is 73.2 Å². The second kappa shape index (κ2) is 8.78. The monoisotopic (exact) mass is 488 g/mol. The first-order valence-corrected chi connectivity index (χ1v) is 12.2. The minimum absolute atomic E-state index is 0.197. The average Bonchev–Trinajstić information content (AvgIpc) is 3.51. The third-order valence-electron chi connectivity index (χ3n) is 6.60. The number of nitrogens with one attached hydrogen (secondary N) is 1. The molecule has 6 nitrogen and oxygen atoms in total. The number of anilines is 1. The Bertz CT molecular complexity index is 1410. The van der Waals surface area contributed by atoms with E-state index in [9.17, 15) is 14.0 Å². The summed E-state index contributed by atoms with van der Waals surface area (Å²) in [6.45, 7) is 6.12. The fourth-order valence-corrected chi connectivity index (χ4v) is 5.14. The molecule has 2 aromatic carbocycles. The average molecular weight is 489 g/mol. The molecule has 2 aromatic heterocycles. The molecule has 3 heterocycles. The second-order valence-corrected chi connectivity index (χ2v) is 9.94. The molecule has 0 aliphatic carbocycles. The van der Waals surface area contributed by atoms with E-state index < -0.39 is 5.54 Å². The highest BCUT2D eigenvalue weighted by atomic mass is 32.1. The smallest absolute Gasteiger partial charge is 0.277 e. The van der Waals surface area contributed by atoms with Gasteiger partial charge in [-0.25, -0.2) is 4.39 Å². The maximum absolute atomic E-state index is 13.9. The number of benzene rings is 2. The van der Waals surface area contributed by atoms with Crippen molar-refractivity contribution in [2.75, 3.05) is 4.90 Å². The highest BCUT2D eigenvalue weighted by Crippen LogP contribution is 2.37. The quantitative estimate of drug-likeness (QED) is 0.425. The first-order chi connectivity index (χ1) is 16.8. The molecule has 1 atom stereocenters. The number of carbonyl (C=O) groups excluding carboxylic acids is 2. The van der Waals surface area contributed by atoms with Gasteiger partial charge in [0.15, 0.2) is 0 Å². The van der Waals surface area contributed by atoms with Gasteiger partial charge in [-0.15, -0.1) is 11.3 Å². The van der Waals surface area contributed by atoms with E-state index in [1.165, 1.54) is 12.1 Å². The summed E-state index contributed by atoms with van der Waals surface area (Å²) in [5, 5.41) is 9.59. The van der Waals surface area contributed by atoms with Crippen LogP contribution in [0, 0.1) is 19.7 Å². The minimum Gasteiger partial charge on any atom is -0.350 e. The van der Waals surface area contributed by atoms with Gasteiger partial charge in [-0.2, -0.15) is 5.10 Å². The van der Waals surface area contributed by atoms with Crippen molar-refractivity contribution in [3.63, 3.8) is 0 Å². The van der Waals surface area contributed by atoms with Gasteiger partial charge in [-0.1, -0.05) is 30.3 Å². The van der Waals surface area contributed by atoms with Crippen molar-refractivity contribution in [1.29, 1.82) is 0 Å². The molecule has 5 rings (SSSR count). The van der Waals surface area contributed by atoms with Crippen LogP contribution in [0.15, 0.2) is 66.0 Å². The van der Waals surface area contributed by atoms with Crippen LogP contribution in [0.5, 0.6) is 0 Å². The predicted octanol–water partition coefficient (Wildman–Crippen LogP) is 5.10. The van der Waals surface area contributed by atoms with Crippen molar-refractivity contribution < 1.29 is 14.0 Å². The zero-order valence-corrected chi connectivity index (χ0v) is 20.5. The van der Waals surface area contributed by atoms with Crippen molar-refractivity contribution in [1.82, 2.24) is 15.1 Å². The van der Waals surface area contributed by atoms with Gasteiger partial charge in [0.1, 0.15) is 22.7 Å². The van der Waals surface area contributed by atoms with E-state index in [0.29, 0.717) is 17.1 Å². The molecule has 0 saturated carbocycles. The molecular weight excluding hydrogens is 463 g/mol. The summed E-state index contributed by atoms with van der Waals surface area (Å²) >= 11 is 1.55. The highest BCUT2D eigenvalue weighted by Gasteiger charge is 2.49. The summed E-state index contributed by atoms with van der Waals surface area (Å²) in [6, 6.07) is 17.4. The third kappa shape index (κ3) is 4.04. The summed E-state index contributed by atoms with van der Waals surface area (Å²) in [5.74, 6) is -0.923. The summed E-state index contributed by atoms with van der Waals surface area (Å²) in [7, 11) is 0. The van der Waals surface area contributed by atoms with Gasteiger partial charge in [0.2, 0.25) is 5.91 Å². The number of carbonyl (C=O) groups is 2. The van der Waals surface area contributed by atoms with E-state index in [1.807, 2.05) is 49.6 Å². The zero-order chi connectivity index (χ0) is 24.7. The topological polar surface area (TPSA) is 67.2 Å². The predicted molar refractivity (Wildman–Crippen MR) is 135 cm³/mol. The van der Waals surface area contributed by atoms with Crippen molar-refractivity contribution in [3.8, 4) is 10.6 Å². The van der Waals surface area contributed by atoms with Gasteiger partial charge in [0.25, 0.3) is 5.91 Å². The summed E-state index contributed by atoms with van der Waals surface area (Å²) in [6.07, 6.45) is 0. The highest BCUT2D eigenvalue weighted by molar-refractivity contribution is 7.13.